The van der Waals surface area contributed by atoms with Crippen LogP contribution in [0.2, 0.25) is 0 Å². The normalized spacial score (nSPS) is 22.0. The topological polar surface area (TPSA) is 50.3 Å². The summed E-state index contributed by atoms with van der Waals surface area (Å²) in [6.07, 6.45) is 0.238. The monoisotopic (exact) mass is 222 g/mol. The van der Waals surface area contributed by atoms with Gasteiger partial charge >= 0.3 is 0 Å². The lowest BCUT2D eigenvalue weighted by Crippen LogP contribution is -2.43. The highest BCUT2D eigenvalue weighted by atomic mass is 16.5. The van der Waals surface area contributed by atoms with E-state index in [0.29, 0.717) is 0 Å². The zero-order valence-corrected chi connectivity index (χ0v) is 9.81. The first kappa shape index (κ1) is 11.3. The maximum absolute atomic E-state index is 5.64. The molecule has 0 radical (unpaired) electrons. The van der Waals surface area contributed by atoms with Gasteiger partial charge in [0.2, 0.25) is 0 Å². The number of hydrogen-bond acceptors (Lipinski definition) is 5. The van der Waals surface area contributed by atoms with Gasteiger partial charge in [-0.15, -0.1) is 5.10 Å². The summed E-state index contributed by atoms with van der Waals surface area (Å²) in [6.45, 7) is 5.49. The first-order chi connectivity index (χ1) is 7.74. The van der Waals surface area contributed by atoms with Crippen LogP contribution in [0.25, 0.3) is 0 Å². The summed E-state index contributed by atoms with van der Waals surface area (Å²) < 4.78 is 5.64. The average Bonchev–Trinajstić information content (AvgIpc) is 2.28. The van der Waals surface area contributed by atoms with E-state index in [1.54, 1.807) is 0 Å². The zero-order chi connectivity index (χ0) is 11.4. The van der Waals surface area contributed by atoms with Crippen molar-refractivity contribution in [2.24, 2.45) is 0 Å². The minimum atomic E-state index is 0.238. The molecule has 88 valence electrons. The number of hydrogen-bond donors (Lipinski definition) is 1. The van der Waals surface area contributed by atoms with Gasteiger partial charge in [-0.1, -0.05) is 0 Å². The number of likely N-dealkylation sites (N-methyl/N-ethyl adjacent to an activating group) is 1. The van der Waals surface area contributed by atoms with Gasteiger partial charge in [-0.2, -0.15) is 5.10 Å². The molecule has 1 saturated heterocycles. The van der Waals surface area contributed by atoms with E-state index in [1.807, 2.05) is 19.1 Å². The van der Waals surface area contributed by atoms with E-state index < -0.39 is 0 Å². The van der Waals surface area contributed by atoms with E-state index in [-0.39, 0.29) is 6.10 Å². The van der Waals surface area contributed by atoms with E-state index in [1.165, 1.54) is 0 Å². The molecule has 1 aliphatic rings. The summed E-state index contributed by atoms with van der Waals surface area (Å²) in [6, 6.07) is 3.89. The Morgan fingerprint density at radius 2 is 2.38 bits per heavy atom. The van der Waals surface area contributed by atoms with E-state index in [4.69, 9.17) is 4.74 Å². The predicted molar refractivity (Wildman–Crippen MR) is 62.5 cm³/mol. The lowest BCUT2D eigenvalue weighted by Gasteiger charge is -2.30. The third-order valence-corrected chi connectivity index (χ3v) is 2.65. The van der Waals surface area contributed by atoms with Gasteiger partial charge in [0.05, 0.1) is 18.4 Å². The fourth-order valence-corrected chi connectivity index (χ4v) is 1.70. The molecule has 1 unspecified atom stereocenters. The summed E-state index contributed by atoms with van der Waals surface area (Å²) in [5.41, 5.74) is 0.930. The lowest BCUT2D eigenvalue weighted by atomic mass is 10.3. The largest absolute Gasteiger partial charge is 0.374 e. The highest BCUT2D eigenvalue weighted by Crippen LogP contribution is 2.05. The molecule has 0 aromatic carbocycles. The van der Waals surface area contributed by atoms with Crippen LogP contribution < -0.4 is 5.32 Å². The Morgan fingerprint density at radius 1 is 1.50 bits per heavy atom. The van der Waals surface area contributed by atoms with Crippen LogP contribution >= 0.6 is 0 Å². The molecule has 2 rings (SSSR count). The molecule has 16 heavy (non-hydrogen) atoms. The number of nitrogens with zero attached hydrogens (tertiary/aromatic N) is 3. The quantitative estimate of drug-likeness (QED) is 0.808. The Balaban J connectivity index is 1.80. The van der Waals surface area contributed by atoms with Gasteiger partial charge in [0.1, 0.15) is 5.82 Å². The van der Waals surface area contributed by atoms with Gasteiger partial charge in [0.25, 0.3) is 0 Å². The molecular weight excluding hydrogens is 204 g/mol. The molecule has 1 N–H and O–H groups in total. The van der Waals surface area contributed by atoms with E-state index >= 15 is 0 Å². The third kappa shape index (κ3) is 3.15. The fraction of sp³-hybridized carbons (Fsp3) is 0.636. The molecular formula is C11H18N4O. The van der Waals surface area contributed by atoms with E-state index in [2.05, 4.69) is 27.5 Å². The van der Waals surface area contributed by atoms with Crippen molar-refractivity contribution in [1.82, 2.24) is 15.1 Å². The van der Waals surface area contributed by atoms with Crippen LogP contribution in [0, 0.1) is 6.92 Å². The van der Waals surface area contributed by atoms with Crippen LogP contribution in [0.4, 0.5) is 5.82 Å². The molecule has 1 fully saturated rings. The molecule has 1 aromatic heterocycles. The number of morpholine rings is 1. The van der Waals surface area contributed by atoms with Crippen molar-refractivity contribution in [2.45, 2.75) is 13.0 Å². The second-order valence-electron chi connectivity index (χ2n) is 4.20. The molecule has 1 aliphatic heterocycles. The minimum absolute atomic E-state index is 0.238. The summed E-state index contributed by atoms with van der Waals surface area (Å²) >= 11 is 0. The Kier molecular flexibility index (Phi) is 3.69. The van der Waals surface area contributed by atoms with Crippen LogP contribution in [-0.2, 0) is 4.74 Å². The number of nitrogens with one attached hydrogen (secondary N) is 1. The second-order valence-corrected chi connectivity index (χ2v) is 4.20. The maximum Gasteiger partial charge on any atom is 0.148 e. The van der Waals surface area contributed by atoms with Gasteiger partial charge in [-0.25, -0.2) is 0 Å². The third-order valence-electron chi connectivity index (χ3n) is 2.65. The summed E-state index contributed by atoms with van der Waals surface area (Å²) in [4.78, 5) is 2.27. The van der Waals surface area contributed by atoms with Crippen LogP contribution in [-0.4, -0.2) is 54.5 Å². The first-order valence-electron chi connectivity index (χ1n) is 5.58. The second kappa shape index (κ2) is 5.23. The number of aromatic nitrogens is 2. The van der Waals surface area contributed by atoms with Crippen LogP contribution in [0.5, 0.6) is 0 Å². The van der Waals surface area contributed by atoms with E-state index in [0.717, 1.165) is 37.8 Å². The lowest BCUT2D eigenvalue weighted by molar-refractivity contribution is -0.0117. The van der Waals surface area contributed by atoms with Crippen molar-refractivity contribution in [3.8, 4) is 0 Å². The molecule has 0 spiro atoms. The van der Waals surface area contributed by atoms with Crippen LogP contribution in [0.1, 0.15) is 5.69 Å². The number of ether oxygens (including phenoxy) is 1. The van der Waals surface area contributed by atoms with Gasteiger partial charge in [-0.05, 0) is 26.1 Å². The van der Waals surface area contributed by atoms with Gasteiger partial charge in [0, 0.05) is 19.6 Å². The maximum atomic E-state index is 5.64. The number of rotatable bonds is 3. The van der Waals surface area contributed by atoms with Crippen molar-refractivity contribution in [1.29, 1.82) is 0 Å². The summed E-state index contributed by atoms with van der Waals surface area (Å²) in [7, 11) is 2.11. The first-order valence-corrected chi connectivity index (χ1v) is 5.58. The Hall–Kier alpha value is -1.20. The number of aryl methyl sites for hydroxylation is 1. The van der Waals surface area contributed by atoms with E-state index in [9.17, 15) is 0 Å². The zero-order valence-electron chi connectivity index (χ0n) is 9.81. The van der Waals surface area contributed by atoms with Crippen molar-refractivity contribution in [3.05, 3.63) is 17.8 Å². The van der Waals surface area contributed by atoms with Crippen molar-refractivity contribution in [2.75, 3.05) is 38.6 Å². The Labute approximate surface area is 95.8 Å². The minimum Gasteiger partial charge on any atom is -0.374 e. The summed E-state index contributed by atoms with van der Waals surface area (Å²) in [5, 5.41) is 11.3. The predicted octanol–water partition coefficient (Wildman–Crippen LogP) is 0.528. The Morgan fingerprint density at radius 3 is 3.06 bits per heavy atom. The average molecular weight is 222 g/mol. The van der Waals surface area contributed by atoms with Crippen molar-refractivity contribution in [3.63, 3.8) is 0 Å². The standard InChI is InChI=1S/C11H18N4O/c1-9-3-4-11(14-13-9)12-7-10-8-15(2)5-6-16-10/h3-4,10H,5-8H2,1-2H3,(H,12,14). The molecule has 0 saturated carbocycles. The van der Waals surface area contributed by atoms with Gasteiger partial charge < -0.3 is 15.0 Å². The summed E-state index contributed by atoms with van der Waals surface area (Å²) in [5.74, 6) is 0.808. The van der Waals surface area contributed by atoms with Crippen molar-refractivity contribution < 1.29 is 4.74 Å². The van der Waals surface area contributed by atoms with Gasteiger partial charge in [-0.3, -0.25) is 0 Å². The van der Waals surface area contributed by atoms with Crippen LogP contribution in [0.3, 0.4) is 0 Å². The fourth-order valence-electron chi connectivity index (χ4n) is 1.70. The highest BCUT2D eigenvalue weighted by Gasteiger charge is 2.17. The molecule has 5 heteroatoms. The van der Waals surface area contributed by atoms with Crippen molar-refractivity contribution >= 4 is 5.82 Å². The molecule has 2 heterocycles. The van der Waals surface area contributed by atoms with Crippen LogP contribution in [0.15, 0.2) is 12.1 Å². The molecule has 0 bridgehead atoms. The molecule has 0 aliphatic carbocycles. The van der Waals surface area contributed by atoms with Gasteiger partial charge in [0.15, 0.2) is 0 Å². The molecule has 0 amide bonds. The molecule has 1 aromatic rings. The Bertz CT molecular complexity index is 327. The SMILES string of the molecule is Cc1ccc(NCC2CN(C)CCO2)nn1. The molecule has 5 nitrogen and oxygen atoms in total. The smallest absolute Gasteiger partial charge is 0.148 e. The highest BCUT2D eigenvalue weighted by molar-refractivity contribution is 5.32. The number of anilines is 1. The molecule has 1 atom stereocenters.